The smallest absolute Gasteiger partial charge is 0.273 e. The van der Waals surface area contributed by atoms with Crippen molar-refractivity contribution in [3.05, 3.63) is 104 Å². The second-order valence-corrected chi connectivity index (χ2v) is 12.4. The van der Waals surface area contributed by atoms with E-state index < -0.39 is 0 Å². The topological polar surface area (TPSA) is 0 Å². The van der Waals surface area contributed by atoms with Gasteiger partial charge in [-0.25, -0.2) is 17.7 Å². The van der Waals surface area contributed by atoms with Crippen LogP contribution in [0.4, 0.5) is 0 Å². The summed E-state index contributed by atoms with van der Waals surface area (Å²) in [6.45, 7) is 32.6. The van der Waals surface area contributed by atoms with Crippen molar-refractivity contribution in [2.24, 2.45) is 0 Å². The largest absolute Gasteiger partial charge is 2.00 e. The average Bonchev–Trinajstić information content (AvgIpc) is 3.62. The molecule has 0 atom stereocenters. The summed E-state index contributed by atoms with van der Waals surface area (Å²) in [5.74, 6) is 0. The second-order valence-electron chi connectivity index (χ2n) is 10.1. The summed E-state index contributed by atoms with van der Waals surface area (Å²) >= 11 is 0. The zero-order valence-electron chi connectivity index (χ0n) is 28.0. The van der Waals surface area contributed by atoms with Gasteiger partial charge in [0.05, 0.1) is 0 Å². The van der Waals surface area contributed by atoms with Crippen LogP contribution >= 0.6 is 0 Å². The van der Waals surface area contributed by atoms with Gasteiger partial charge in [0.1, 0.15) is 0 Å². The molecule has 4 rings (SSSR count). The molecule has 0 bridgehead atoms. The molecule has 0 fully saturated rings. The molecule has 0 spiro atoms. The fraction of sp³-hybridized carbons (Fsp3) is 0.486. The number of rotatable bonds is 0. The molecule has 2 aliphatic rings. The van der Waals surface area contributed by atoms with E-state index in [1.54, 1.807) is 0 Å². The van der Waals surface area contributed by atoms with Crippen LogP contribution in [-0.2, 0) is 52.4 Å². The first-order chi connectivity index (χ1) is 17.3. The molecule has 0 saturated heterocycles. The summed E-state index contributed by atoms with van der Waals surface area (Å²) in [4.78, 5) is 0. The Bertz CT molecular complexity index is 915. The molecule has 0 heterocycles. The van der Waals surface area contributed by atoms with Crippen molar-refractivity contribution in [1.82, 2.24) is 0 Å². The van der Waals surface area contributed by atoms with Gasteiger partial charge in [-0.1, -0.05) is 95.4 Å². The Hall–Kier alpha value is -0.140. The number of allylic oxidation sites excluding steroid dienone is 8. The Morgan fingerprint density at radius 1 is 0.615 bits per heavy atom. The molecule has 0 saturated carbocycles. The van der Waals surface area contributed by atoms with Crippen LogP contribution in [0.5, 0.6) is 0 Å². The zero-order valence-corrected chi connectivity index (χ0v) is 35.2. The normalized spacial score (nSPS) is 11.9. The van der Waals surface area contributed by atoms with E-state index in [-0.39, 0.29) is 52.4 Å². The number of hydrogen-bond acceptors (Lipinski definition) is 0. The summed E-state index contributed by atoms with van der Waals surface area (Å²) in [5, 5.41) is 0. The van der Waals surface area contributed by atoms with E-state index in [1.807, 2.05) is 12.2 Å². The summed E-state index contributed by atoms with van der Waals surface area (Å²) < 4.78 is 0. The van der Waals surface area contributed by atoms with Crippen LogP contribution in [0.1, 0.15) is 78.1 Å². The van der Waals surface area contributed by atoms with Gasteiger partial charge in [-0.3, -0.25) is 12.2 Å². The molecular weight excluding hydrogens is 659 g/mol. The Labute approximate surface area is 287 Å². The molecule has 2 aliphatic carbocycles. The van der Waals surface area contributed by atoms with Gasteiger partial charge in [0.25, 0.3) is 0 Å². The summed E-state index contributed by atoms with van der Waals surface area (Å²) in [6.07, 6.45) is 14.3. The van der Waals surface area contributed by atoms with Crippen LogP contribution < -0.4 is 0 Å². The third-order valence-corrected chi connectivity index (χ3v) is 6.76. The van der Waals surface area contributed by atoms with Crippen molar-refractivity contribution in [3.63, 3.8) is 0 Å². The second kappa shape index (κ2) is 26.7. The van der Waals surface area contributed by atoms with Gasteiger partial charge in [0.15, 0.2) is 0 Å². The molecule has 0 aliphatic heterocycles. The third kappa shape index (κ3) is 19.6. The third-order valence-electron chi connectivity index (χ3n) is 6.76. The van der Waals surface area contributed by atoms with Gasteiger partial charge in [0.2, 0.25) is 0 Å². The van der Waals surface area contributed by atoms with Gasteiger partial charge in [-0.05, 0) is 0 Å². The van der Waals surface area contributed by atoms with E-state index in [2.05, 4.69) is 133 Å². The molecule has 2 aromatic rings. The van der Waals surface area contributed by atoms with E-state index >= 15 is 0 Å². The quantitative estimate of drug-likeness (QED) is 0.188. The van der Waals surface area contributed by atoms with E-state index in [0.29, 0.717) is 0 Å². The maximum absolute atomic E-state index is 3.26. The van der Waals surface area contributed by atoms with Gasteiger partial charge in [-0.15, -0.1) is 19.8 Å². The van der Waals surface area contributed by atoms with Crippen molar-refractivity contribution in [2.45, 2.75) is 115 Å². The minimum absolute atomic E-state index is 0. The molecule has 0 aromatic heterocycles. The first-order valence-corrected chi connectivity index (χ1v) is 18.3. The Balaban J connectivity index is -0.000000195. The van der Waals surface area contributed by atoms with Gasteiger partial charge < -0.3 is 0 Å². The molecule has 4 heteroatoms. The summed E-state index contributed by atoms with van der Waals surface area (Å²) in [6, 6.07) is 4.48. The maximum atomic E-state index is 3.26. The molecule has 2 radical (unpaired) electrons. The van der Waals surface area contributed by atoms with E-state index in [9.17, 15) is 0 Å². The van der Waals surface area contributed by atoms with Gasteiger partial charge >= 0.3 is 52.4 Å². The minimum atomic E-state index is 0. The first kappa shape index (κ1) is 45.8. The van der Waals surface area contributed by atoms with Gasteiger partial charge in [0, 0.05) is 19.0 Å². The zero-order chi connectivity index (χ0) is 29.1. The Kier molecular flexibility index (Phi) is 31.4. The minimum Gasteiger partial charge on any atom is -0.273 e. The van der Waals surface area contributed by atoms with Crippen LogP contribution in [0, 0.1) is 67.5 Å². The van der Waals surface area contributed by atoms with E-state index in [1.165, 1.54) is 61.2 Å². The maximum Gasteiger partial charge on any atom is 2.00 e. The van der Waals surface area contributed by atoms with E-state index in [0.717, 1.165) is 31.9 Å². The molecule has 0 unspecified atom stereocenters. The monoisotopic (exact) mass is 712 g/mol. The first-order valence-electron chi connectivity index (χ1n) is 13.6. The molecule has 0 amide bonds. The van der Waals surface area contributed by atoms with Crippen LogP contribution in [-0.4, -0.2) is 19.0 Å². The average molecular weight is 715 g/mol. The summed E-state index contributed by atoms with van der Waals surface area (Å²) in [7, 11) is 1.50. The molecule has 2 aromatic carbocycles. The van der Waals surface area contributed by atoms with Crippen molar-refractivity contribution >= 4 is 19.0 Å². The van der Waals surface area contributed by atoms with Crippen molar-refractivity contribution in [3.8, 4) is 0 Å². The SMILES string of the molecule is CC1=[C-]CC(C)=C1C.C[SiH]C.C[SiH]C.Cc1[cH-]c(C)c(C)c1C.Cc1[cH-]c(C)c(C)c1C.[C-]1=CC=CC1.[Zr+2].[Zr+2]. The predicted octanol–water partition coefficient (Wildman–Crippen LogP) is 10.1. The fourth-order valence-electron chi connectivity index (χ4n) is 3.46. The van der Waals surface area contributed by atoms with Gasteiger partial charge in [-0.2, -0.15) is 73.9 Å². The van der Waals surface area contributed by atoms with Crippen molar-refractivity contribution in [1.29, 1.82) is 0 Å². The van der Waals surface area contributed by atoms with E-state index in [4.69, 9.17) is 0 Å². The van der Waals surface area contributed by atoms with Crippen LogP contribution in [0.3, 0.4) is 0 Å². The molecule has 0 N–H and O–H groups in total. The van der Waals surface area contributed by atoms with Crippen LogP contribution in [0.25, 0.3) is 0 Å². The molecule has 212 valence electrons. The van der Waals surface area contributed by atoms with Crippen molar-refractivity contribution in [2.75, 3.05) is 0 Å². The van der Waals surface area contributed by atoms with Crippen molar-refractivity contribution < 1.29 is 52.4 Å². The predicted molar refractivity (Wildman–Crippen MR) is 177 cm³/mol. The Morgan fingerprint density at radius 3 is 1.03 bits per heavy atom. The van der Waals surface area contributed by atoms with Crippen LogP contribution in [0.15, 0.2) is 47.1 Å². The number of hydrogen-bond donors (Lipinski definition) is 0. The molecule has 0 nitrogen and oxygen atoms in total. The Morgan fingerprint density at radius 2 is 0.949 bits per heavy atom. The molecular formula is C35H56Si2Zr2. The summed E-state index contributed by atoms with van der Waals surface area (Å²) in [5.41, 5.74) is 15.7. The fourth-order valence-corrected chi connectivity index (χ4v) is 3.46. The standard InChI is InChI=1S/2C9H13.C8H11.C5H5.2C2H7Si.2Zr/c2*1-6-5-7(2)9(4)8(6)3;1-6-4-5-7(2)8(6)3;1-2-4-5-3-1;2*1-3-2;;/h2*5H,1-4H3;4H2,1-3H3;1-3H,4H2;2*3H,1-2H3;;/q4*-1;;;2*+2. The molecule has 39 heavy (non-hydrogen) atoms. The number of aryl methyl sites for hydroxylation is 4. The van der Waals surface area contributed by atoms with Crippen LogP contribution in [0.2, 0.25) is 26.2 Å².